The second kappa shape index (κ2) is 6.62. The summed E-state index contributed by atoms with van der Waals surface area (Å²) in [5.74, 6) is 0. The fraction of sp³-hybridized carbons (Fsp3) is 0.750. The van der Waals surface area contributed by atoms with Crippen LogP contribution in [0.15, 0.2) is 12.7 Å². The predicted octanol–water partition coefficient (Wildman–Crippen LogP) is 2.96. The quantitative estimate of drug-likeness (QED) is 0.608. The molecule has 0 heterocycles. The molecule has 80 valence electrons. The van der Waals surface area contributed by atoms with Crippen LogP contribution in [0.25, 0.3) is 0 Å². The molecule has 0 saturated heterocycles. The van der Waals surface area contributed by atoms with Gasteiger partial charge in [0.1, 0.15) is 0 Å². The third-order valence-electron chi connectivity index (χ3n) is 2.35. The van der Waals surface area contributed by atoms with E-state index in [9.17, 15) is 0 Å². The average Bonchev–Trinajstić information content (AvgIpc) is 2.10. The minimum absolute atomic E-state index is 0.0213. The maximum atomic E-state index is 9.09. The van der Waals surface area contributed by atoms with Crippen LogP contribution in [-0.2, 0) is 0 Å². The van der Waals surface area contributed by atoms with Crippen molar-refractivity contribution >= 4 is 0 Å². The van der Waals surface area contributed by atoms with E-state index in [2.05, 4.69) is 45.2 Å². The molecule has 0 aliphatic carbocycles. The molecule has 0 amide bonds. The molecular formula is C12H22N2. The Morgan fingerprint density at radius 1 is 1.29 bits per heavy atom. The van der Waals surface area contributed by atoms with E-state index in [1.165, 1.54) is 0 Å². The van der Waals surface area contributed by atoms with E-state index in [1.54, 1.807) is 0 Å². The molecule has 0 spiro atoms. The van der Waals surface area contributed by atoms with Gasteiger partial charge in [-0.15, -0.1) is 6.58 Å². The van der Waals surface area contributed by atoms with Crippen molar-refractivity contribution in [2.75, 3.05) is 0 Å². The normalized spacial score (nSPS) is 13.3. The molecule has 1 atom stereocenters. The monoisotopic (exact) mass is 194 g/mol. The number of nitriles is 1. The summed E-state index contributed by atoms with van der Waals surface area (Å²) < 4.78 is 0. The highest BCUT2D eigenvalue weighted by atomic mass is 15.2. The number of allylic oxidation sites excluding steroid dienone is 1. The minimum Gasteiger partial charge on any atom is -0.283 e. The van der Waals surface area contributed by atoms with Crippen molar-refractivity contribution in [2.24, 2.45) is 0 Å². The topological polar surface area (TPSA) is 27.0 Å². The Kier molecular flexibility index (Phi) is 6.23. The standard InChI is InChI=1S/C12H22N2/c1-6-7-8-12(9-13)14(10(2)3)11(4)5/h6,10-12H,1,7-8H2,2-5H3. The molecule has 0 aromatic heterocycles. The summed E-state index contributed by atoms with van der Waals surface area (Å²) >= 11 is 0. The summed E-state index contributed by atoms with van der Waals surface area (Å²) in [6.07, 6.45) is 3.67. The highest BCUT2D eigenvalue weighted by Crippen LogP contribution is 2.14. The van der Waals surface area contributed by atoms with Gasteiger partial charge in [-0.1, -0.05) is 6.08 Å². The van der Waals surface area contributed by atoms with Gasteiger partial charge in [-0.25, -0.2) is 0 Å². The van der Waals surface area contributed by atoms with Crippen LogP contribution in [0, 0.1) is 11.3 Å². The molecule has 1 unspecified atom stereocenters. The van der Waals surface area contributed by atoms with Gasteiger partial charge >= 0.3 is 0 Å². The Balaban J connectivity index is 4.44. The van der Waals surface area contributed by atoms with Crippen LogP contribution >= 0.6 is 0 Å². The van der Waals surface area contributed by atoms with Gasteiger partial charge in [0.25, 0.3) is 0 Å². The zero-order valence-electron chi connectivity index (χ0n) is 9.83. The zero-order chi connectivity index (χ0) is 11.1. The third-order valence-corrected chi connectivity index (χ3v) is 2.35. The minimum atomic E-state index is 0.0213. The molecule has 0 radical (unpaired) electrons. The smallest absolute Gasteiger partial charge is 0.0985 e. The summed E-state index contributed by atoms with van der Waals surface area (Å²) in [6.45, 7) is 12.2. The molecule has 2 nitrogen and oxygen atoms in total. The Morgan fingerprint density at radius 3 is 2.07 bits per heavy atom. The molecule has 0 rings (SSSR count). The predicted molar refractivity (Wildman–Crippen MR) is 60.9 cm³/mol. The van der Waals surface area contributed by atoms with E-state index in [-0.39, 0.29) is 6.04 Å². The van der Waals surface area contributed by atoms with E-state index >= 15 is 0 Å². The van der Waals surface area contributed by atoms with Crippen molar-refractivity contribution in [2.45, 2.75) is 58.7 Å². The maximum absolute atomic E-state index is 9.09. The van der Waals surface area contributed by atoms with Crippen LogP contribution < -0.4 is 0 Å². The molecule has 0 saturated carbocycles. The van der Waals surface area contributed by atoms with E-state index in [4.69, 9.17) is 5.26 Å². The lowest BCUT2D eigenvalue weighted by atomic mass is 10.1. The van der Waals surface area contributed by atoms with Gasteiger partial charge < -0.3 is 0 Å². The van der Waals surface area contributed by atoms with Crippen molar-refractivity contribution in [3.63, 3.8) is 0 Å². The first-order valence-corrected chi connectivity index (χ1v) is 5.32. The Hall–Kier alpha value is -0.810. The summed E-state index contributed by atoms with van der Waals surface area (Å²) in [5.41, 5.74) is 0. The van der Waals surface area contributed by atoms with Crippen molar-refractivity contribution in [1.29, 1.82) is 5.26 Å². The highest BCUT2D eigenvalue weighted by Gasteiger charge is 2.22. The third kappa shape index (κ3) is 3.93. The molecule has 0 fully saturated rings. The Bertz CT molecular complexity index is 193. The second-order valence-electron chi connectivity index (χ2n) is 4.15. The van der Waals surface area contributed by atoms with Crippen molar-refractivity contribution < 1.29 is 0 Å². The average molecular weight is 194 g/mol. The highest BCUT2D eigenvalue weighted by molar-refractivity contribution is 4.95. The SMILES string of the molecule is C=CCCC(C#N)N(C(C)C)C(C)C. The fourth-order valence-electron chi connectivity index (χ4n) is 1.87. The summed E-state index contributed by atoms with van der Waals surface area (Å²) in [4.78, 5) is 2.25. The molecule has 14 heavy (non-hydrogen) atoms. The molecule has 0 aromatic rings. The molecule has 2 heteroatoms. The second-order valence-corrected chi connectivity index (χ2v) is 4.15. The van der Waals surface area contributed by atoms with Gasteiger partial charge in [0.15, 0.2) is 0 Å². The number of rotatable bonds is 6. The molecule has 0 bridgehead atoms. The van der Waals surface area contributed by atoms with E-state index in [1.807, 2.05) is 6.08 Å². The van der Waals surface area contributed by atoms with Crippen molar-refractivity contribution in [1.82, 2.24) is 4.90 Å². The fourth-order valence-corrected chi connectivity index (χ4v) is 1.87. The van der Waals surface area contributed by atoms with Gasteiger partial charge in [-0.2, -0.15) is 5.26 Å². The lowest BCUT2D eigenvalue weighted by Crippen LogP contribution is -2.44. The van der Waals surface area contributed by atoms with Crippen LogP contribution in [0.4, 0.5) is 0 Å². The lowest BCUT2D eigenvalue weighted by molar-refractivity contribution is 0.137. The van der Waals surface area contributed by atoms with Crippen LogP contribution in [-0.4, -0.2) is 23.0 Å². The summed E-state index contributed by atoms with van der Waals surface area (Å²) in [7, 11) is 0. The van der Waals surface area contributed by atoms with Crippen molar-refractivity contribution in [3.05, 3.63) is 12.7 Å². The number of nitrogens with zero attached hydrogens (tertiary/aromatic N) is 2. The van der Waals surface area contributed by atoms with Crippen LogP contribution in [0.1, 0.15) is 40.5 Å². The van der Waals surface area contributed by atoms with Crippen LogP contribution in [0.2, 0.25) is 0 Å². The Morgan fingerprint density at radius 2 is 1.79 bits per heavy atom. The largest absolute Gasteiger partial charge is 0.283 e. The molecule has 0 aliphatic rings. The van der Waals surface area contributed by atoms with Gasteiger partial charge in [0.2, 0.25) is 0 Å². The van der Waals surface area contributed by atoms with Gasteiger partial charge in [0.05, 0.1) is 12.1 Å². The van der Waals surface area contributed by atoms with Crippen LogP contribution in [0.5, 0.6) is 0 Å². The van der Waals surface area contributed by atoms with Gasteiger partial charge in [0, 0.05) is 12.1 Å². The summed E-state index contributed by atoms with van der Waals surface area (Å²) in [6, 6.07) is 3.24. The van der Waals surface area contributed by atoms with Gasteiger partial charge in [-0.3, -0.25) is 4.90 Å². The van der Waals surface area contributed by atoms with Crippen LogP contribution in [0.3, 0.4) is 0 Å². The van der Waals surface area contributed by atoms with Gasteiger partial charge in [-0.05, 0) is 40.5 Å². The number of hydrogen-bond donors (Lipinski definition) is 0. The van der Waals surface area contributed by atoms with Crippen molar-refractivity contribution in [3.8, 4) is 6.07 Å². The first-order valence-electron chi connectivity index (χ1n) is 5.32. The molecule has 0 N–H and O–H groups in total. The maximum Gasteiger partial charge on any atom is 0.0985 e. The summed E-state index contributed by atoms with van der Waals surface area (Å²) in [5, 5.41) is 9.09. The first-order chi connectivity index (χ1) is 6.54. The van der Waals surface area contributed by atoms with E-state index < -0.39 is 0 Å². The number of hydrogen-bond acceptors (Lipinski definition) is 2. The molecular weight excluding hydrogens is 172 g/mol. The zero-order valence-corrected chi connectivity index (χ0v) is 9.83. The molecule has 0 aliphatic heterocycles. The van der Waals surface area contributed by atoms with E-state index in [0.717, 1.165) is 12.8 Å². The van der Waals surface area contributed by atoms with E-state index in [0.29, 0.717) is 12.1 Å². The lowest BCUT2D eigenvalue weighted by Gasteiger charge is -2.34. The molecule has 0 aromatic carbocycles. The Labute approximate surface area is 88.2 Å². The first kappa shape index (κ1) is 13.2.